The molecule has 0 unspecified atom stereocenters. The number of benzene rings is 1. The molecule has 0 radical (unpaired) electrons. The molecule has 0 saturated carbocycles. The molecule has 24 heavy (non-hydrogen) atoms. The summed E-state index contributed by atoms with van der Waals surface area (Å²) >= 11 is 6.01. The molecule has 1 amide bonds. The van der Waals surface area contributed by atoms with E-state index in [0.29, 0.717) is 17.5 Å². The highest BCUT2D eigenvalue weighted by Gasteiger charge is 2.24. The first-order chi connectivity index (χ1) is 11.7. The number of hydrogen-bond acceptors (Lipinski definition) is 2. The Morgan fingerprint density at radius 2 is 2.17 bits per heavy atom. The van der Waals surface area contributed by atoms with Crippen molar-refractivity contribution >= 4 is 28.4 Å². The van der Waals surface area contributed by atoms with E-state index in [2.05, 4.69) is 14.5 Å². The summed E-state index contributed by atoms with van der Waals surface area (Å²) in [4.78, 5) is 21.9. The monoisotopic (exact) mass is 342 g/mol. The van der Waals surface area contributed by atoms with Gasteiger partial charge < -0.3 is 14.5 Å². The number of rotatable bonds is 3. The SMILES string of the molecule is O=C(Cc1c[nH]c2cc(Cl)ccc12)N1CCC(n2ccnc2)CC1. The molecule has 0 spiro atoms. The molecule has 1 N–H and O–H groups in total. The van der Waals surface area contributed by atoms with Crippen LogP contribution >= 0.6 is 11.6 Å². The van der Waals surface area contributed by atoms with E-state index in [1.807, 2.05) is 41.8 Å². The Labute approximate surface area is 145 Å². The molecular formula is C18H19ClN4O. The normalized spacial score (nSPS) is 16.0. The molecule has 1 aliphatic heterocycles. The van der Waals surface area contributed by atoms with Crippen molar-refractivity contribution in [2.45, 2.75) is 25.3 Å². The second-order valence-corrected chi connectivity index (χ2v) is 6.74. The average molecular weight is 343 g/mol. The van der Waals surface area contributed by atoms with Gasteiger partial charge in [0.2, 0.25) is 5.91 Å². The Hall–Kier alpha value is -2.27. The first-order valence-corrected chi connectivity index (χ1v) is 8.59. The van der Waals surface area contributed by atoms with Gasteiger partial charge in [0.25, 0.3) is 0 Å². The Morgan fingerprint density at radius 1 is 1.33 bits per heavy atom. The fraction of sp³-hybridized carbons (Fsp3) is 0.333. The van der Waals surface area contributed by atoms with Crippen molar-refractivity contribution in [2.24, 2.45) is 0 Å². The fourth-order valence-corrected chi connectivity index (χ4v) is 3.65. The van der Waals surface area contributed by atoms with Crippen molar-refractivity contribution in [2.75, 3.05) is 13.1 Å². The molecule has 0 atom stereocenters. The Morgan fingerprint density at radius 3 is 2.92 bits per heavy atom. The molecule has 3 heterocycles. The number of amides is 1. The van der Waals surface area contributed by atoms with Crippen molar-refractivity contribution in [1.29, 1.82) is 0 Å². The van der Waals surface area contributed by atoms with Crippen LogP contribution in [0, 0.1) is 0 Å². The first-order valence-electron chi connectivity index (χ1n) is 8.21. The van der Waals surface area contributed by atoms with Crippen LogP contribution in [-0.2, 0) is 11.2 Å². The summed E-state index contributed by atoms with van der Waals surface area (Å²) in [5.74, 6) is 0.190. The van der Waals surface area contributed by atoms with E-state index < -0.39 is 0 Å². The molecule has 3 aromatic rings. The molecule has 1 fully saturated rings. The van der Waals surface area contributed by atoms with Gasteiger partial charge in [-0.1, -0.05) is 17.7 Å². The molecule has 1 aromatic carbocycles. The highest BCUT2D eigenvalue weighted by molar-refractivity contribution is 6.31. The molecule has 0 aliphatic carbocycles. The zero-order valence-corrected chi connectivity index (χ0v) is 14.0. The Balaban J connectivity index is 1.41. The molecule has 2 aromatic heterocycles. The molecule has 5 nitrogen and oxygen atoms in total. The number of nitrogens with one attached hydrogen (secondary N) is 1. The van der Waals surface area contributed by atoms with Crippen LogP contribution in [-0.4, -0.2) is 38.4 Å². The van der Waals surface area contributed by atoms with Gasteiger partial charge in [0, 0.05) is 53.6 Å². The van der Waals surface area contributed by atoms with E-state index in [-0.39, 0.29) is 5.91 Å². The van der Waals surface area contributed by atoms with Crippen LogP contribution in [0.25, 0.3) is 10.9 Å². The summed E-state index contributed by atoms with van der Waals surface area (Å²) in [6.45, 7) is 1.60. The smallest absolute Gasteiger partial charge is 0.227 e. The van der Waals surface area contributed by atoms with Crippen molar-refractivity contribution in [3.63, 3.8) is 0 Å². The minimum absolute atomic E-state index is 0.190. The van der Waals surface area contributed by atoms with E-state index in [4.69, 9.17) is 11.6 Å². The van der Waals surface area contributed by atoms with Crippen LogP contribution in [0.2, 0.25) is 5.02 Å². The number of aromatic amines is 1. The minimum atomic E-state index is 0.190. The number of carbonyl (C=O) groups excluding carboxylic acids is 1. The number of imidazole rings is 1. The number of carbonyl (C=O) groups is 1. The van der Waals surface area contributed by atoms with Crippen molar-refractivity contribution in [3.05, 3.63) is 53.7 Å². The van der Waals surface area contributed by atoms with Crippen LogP contribution < -0.4 is 0 Å². The predicted octanol–water partition coefficient (Wildman–Crippen LogP) is 3.42. The van der Waals surface area contributed by atoms with Crippen molar-refractivity contribution in [3.8, 4) is 0 Å². The largest absolute Gasteiger partial charge is 0.361 e. The zero-order valence-electron chi connectivity index (χ0n) is 13.3. The van der Waals surface area contributed by atoms with Gasteiger partial charge in [-0.2, -0.15) is 0 Å². The van der Waals surface area contributed by atoms with Crippen molar-refractivity contribution in [1.82, 2.24) is 19.4 Å². The van der Waals surface area contributed by atoms with E-state index in [9.17, 15) is 4.79 Å². The third-order valence-electron chi connectivity index (χ3n) is 4.83. The third kappa shape index (κ3) is 2.91. The fourth-order valence-electron chi connectivity index (χ4n) is 3.48. The predicted molar refractivity (Wildman–Crippen MR) is 94.1 cm³/mol. The number of piperidine rings is 1. The molecule has 6 heteroatoms. The molecule has 0 bridgehead atoms. The Kier molecular flexibility index (Phi) is 4.02. The van der Waals surface area contributed by atoms with E-state index >= 15 is 0 Å². The van der Waals surface area contributed by atoms with Gasteiger partial charge in [0.15, 0.2) is 0 Å². The topological polar surface area (TPSA) is 53.9 Å². The number of likely N-dealkylation sites (tertiary alicyclic amines) is 1. The maximum atomic E-state index is 12.6. The number of hydrogen-bond donors (Lipinski definition) is 1. The maximum absolute atomic E-state index is 12.6. The van der Waals surface area contributed by atoms with Crippen LogP contribution in [0.5, 0.6) is 0 Å². The van der Waals surface area contributed by atoms with Gasteiger partial charge >= 0.3 is 0 Å². The number of H-pyrrole nitrogens is 1. The summed E-state index contributed by atoms with van der Waals surface area (Å²) < 4.78 is 2.14. The number of nitrogens with zero attached hydrogens (tertiary/aromatic N) is 3. The molecular weight excluding hydrogens is 324 g/mol. The third-order valence-corrected chi connectivity index (χ3v) is 5.07. The van der Waals surface area contributed by atoms with Gasteiger partial charge in [0.05, 0.1) is 12.7 Å². The molecule has 124 valence electrons. The van der Waals surface area contributed by atoms with Gasteiger partial charge in [0.1, 0.15) is 0 Å². The van der Waals surface area contributed by atoms with Crippen LogP contribution in [0.15, 0.2) is 43.1 Å². The lowest BCUT2D eigenvalue weighted by Gasteiger charge is -2.32. The summed E-state index contributed by atoms with van der Waals surface area (Å²) in [5, 5.41) is 1.77. The second-order valence-electron chi connectivity index (χ2n) is 6.30. The summed E-state index contributed by atoms with van der Waals surface area (Å²) in [7, 11) is 0. The Bertz CT molecular complexity index is 847. The van der Waals surface area contributed by atoms with E-state index in [1.54, 1.807) is 6.20 Å². The van der Waals surface area contributed by atoms with Gasteiger partial charge in [-0.15, -0.1) is 0 Å². The minimum Gasteiger partial charge on any atom is -0.361 e. The van der Waals surface area contributed by atoms with Gasteiger partial charge in [-0.3, -0.25) is 4.79 Å². The van der Waals surface area contributed by atoms with Gasteiger partial charge in [-0.25, -0.2) is 4.98 Å². The first kappa shape index (κ1) is 15.3. The van der Waals surface area contributed by atoms with E-state index in [0.717, 1.165) is 42.4 Å². The maximum Gasteiger partial charge on any atom is 0.227 e. The average Bonchev–Trinajstić information content (AvgIpc) is 3.25. The summed E-state index contributed by atoms with van der Waals surface area (Å²) in [6, 6.07) is 6.18. The number of aromatic nitrogens is 3. The summed E-state index contributed by atoms with van der Waals surface area (Å²) in [6.07, 6.45) is 9.96. The standard InChI is InChI=1S/C18H19ClN4O/c19-14-1-2-16-13(11-21-17(16)10-14)9-18(24)22-6-3-15(4-7-22)23-8-5-20-12-23/h1-2,5,8,10-12,15,21H,3-4,6-7,9H2. The lowest BCUT2D eigenvalue weighted by atomic mass is 10.0. The number of halogens is 1. The van der Waals surface area contributed by atoms with Crippen LogP contribution in [0.4, 0.5) is 0 Å². The highest BCUT2D eigenvalue weighted by Crippen LogP contribution is 2.25. The highest BCUT2D eigenvalue weighted by atomic mass is 35.5. The lowest BCUT2D eigenvalue weighted by molar-refractivity contribution is -0.131. The zero-order chi connectivity index (χ0) is 16.5. The summed E-state index contributed by atoms with van der Waals surface area (Å²) in [5.41, 5.74) is 2.01. The quantitative estimate of drug-likeness (QED) is 0.793. The molecule has 1 aliphatic rings. The van der Waals surface area contributed by atoms with Crippen LogP contribution in [0.3, 0.4) is 0 Å². The van der Waals surface area contributed by atoms with Crippen molar-refractivity contribution < 1.29 is 4.79 Å². The van der Waals surface area contributed by atoms with Gasteiger partial charge in [-0.05, 0) is 30.5 Å². The van der Waals surface area contributed by atoms with E-state index in [1.165, 1.54) is 0 Å². The number of fused-ring (bicyclic) bond motifs is 1. The molecule has 4 rings (SSSR count). The van der Waals surface area contributed by atoms with Crippen LogP contribution in [0.1, 0.15) is 24.4 Å². The molecule has 1 saturated heterocycles. The second kappa shape index (κ2) is 6.32. The lowest BCUT2D eigenvalue weighted by Crippen LogP contribution is -2.39.